The third kappa shape index (κ3) is 7.22. The third-order valence-corrected chi connectivity index (χ3v) is 5.14. The van der Waals surface area contributed by atoms with E-state index in [2.05, 4.69) is 10.6 Å². The maximum absolute atomic E-state index is 13.0. The molecule has 0 radical (unpaired) electrons. The van der Waals surface area contributed by atoms with Gasteiger partial charge in [0.25, 0.3) is 5.91 Å². The second-order valence-electron chi connectivity index (χ2n) is 7.66. The van der Waals surface area contributed by atoms with E-state index in [1.807, 2.05) is 0 Å². The number of nitrogens with zero attached hydrogens (tertiary/aromatic N) is 1. The Balaban J connectivity index is 2.15. The molecule has 0 saturated carbocycles. The van der Waals surface area contributed by atoms with Crippen molar-refractivity contribution in [1.29, 1.82) is 0 Å². The standard InChI is InChI=1S/C21H23F6N3O3/c1-12(6-7-17(31)29-16-5-3-4-8-28-18(16)32)30(2)19(33)13-9-14(20(22,23)24)11-15(10-13)21(25,26)27/h6-7,9-12,16H,3-5,8H2,1-2H3,(H,28,32)(H,29,31)/b7-6+/t12-,16-/m1/s1. The molecule has 33 heavy (non-hydrogen) atoms. The number of carbonyl (C=O) groups is 3. The van der Waals surface area contributed by atoms with Crippen LogP contribution >= 0.6 is 0 Å². The van der Waals surface area contributed by atoms with E-state index in [9.17, 15) is 40.7 Å². The summed E-state index contributed by atoms with van der Waals surface area (Å²) in [5, 5.41) is 5.18. The molecule has 1 aromatic rings. The average Bonchev–Trinajstić information content (AvgIpc) is 2.93. The van der Waals surface area contributed by atoms with Crippen LogP contribution in [0.5, 0.6) is 0 Å². The lowest BCUT2D eigenvalue weighted by Gasteiger charge is -2.23. The molecule has 1 aliphatic heterocycles. The molecule has 6 nitrogen and oxygen atoms in total. The van der Waals surface area contributed by atoms with Crippen molar-refractivity contribution in [3.63, 3.8) is 0 Å². The van der Waals surface area contributed by atoms with Crippen LogP contribution < -0.4 is 10.6 Å². The van der Waals surface area contributed by atoms with Crippen LogP contribution in [-0.2, 0) is 21.9 Å². The molecule has 2 rings (SSSR count). The Morgan fingerprint density at radius 2 is 1.67 bits per heavy atom. The van der Waals surface area contributed by atoms with E-state index in [-0.39, 0.29) is 12.0 Å². The summed E-state index contributed by atoms with van der Waals surface area (Å²) in [5.41, 5.74) is -3.99. The molecular formula is C21H23F6N3O3. The van der Waals surface area contributed by atoms with Gasteiger partial charge in [-0.1, -0.05) is 6.08 Å². The van der Waals surface area contributed by atoms with Gasteiger partial charge < -0.3 is 15.5 Å². The van der Waals surface area contributed by atoms with Crippen LogP contribution in [0.4, 0.5) is 26.3 Å². The average molecular weight is 479 g/mol. The minimum atomic E-state index is -5.08. The molecule has 2 atom stereocenters. The maximum Gasteiger partial charge on any atom is 0.416 e. The number of halogens is 6. The summed E-state index contributed by atoms with van der Waals surface area (Å²) in [6.07, 6.45) is -5.89. The monoisotopic (exact) mass is 479 g/mol. The summed E-state index contributed by atoms with van der Waals surface area (Å²) in [6, 6.07) is -0.932. The number of hydrogen-bond acceptors (Lipinski definition) is 3. The van der Waals surface area contributed by atoms with E-state index in [0.717, 1.165) is 23.8 Å². The second-order valence-corrected chi connectivity index (χ2v) is 7.66. The van der Waals surface area contributed by atoms with Gasteiger partial charge in [-0.2, -0.15) is 26.3 Å². The molecule has 0 bridgehead atoms. The molecule has 0 spiro atoms. The fourth-order valence-corrected chi connectivity index (χ4v) is 3.12. The van der Waals surface area contributed by atoms with Gasteiger partial charge in [-0.05, 0) is 44.4 Å². The third-order valence-electron chi connectivity index (χ3n) is 5.14. The summed E-state index contributed by atoms with van der Waals surface area (Å²) in [7, 11) is 1.18. The molecule has 2 N–H and O–H groups in total. The lowest BCUT2D eigenvalue weighted by atomic mass is 10.0. The van der Waals surface area contributed by atoms with Crippen molar-refractivity contribution in [1.82, 2.24) is 15.5 Å². The first kappa shape index (κ1) is 26.2. The zero-order valence-corrected chi connectivity index (χ0v) is 17.8. The number of rotatable bonds is 5. The maximum atomic E-state index is 13.0. The Morgan fingerprint density at radius 3 is 2.21 bits per heavy atom. The number of hydrogen-bond donors (Lipinski definition) is 2. The van der Waals surface area contributed by atoms with Gasteiger partial charge in [-0.15, -0.1) is 0 Å². The summed E-state index contributed by atoms with van der Waals surface area (Å²) >= 11 is 0. The van der Waals surface area contributed by atoms with E-state index >= 15 is 0 Å². The second kappa shape index (κ2) is 10.3. The summed E-state index contributed by atoms with van der Waals surface area (Å²) in [4.78, 5) is 37.5. The highest BCUT2D eigenvalue weighted by Gasteiger charge is 2.38. The number of amides is 3. The molecule has 1 heterocycles. The predicted octanol–water partition coefficient (Wildman–Crippen LogP) is 3.53. The van der Waals surface area contributed by atoms with Crippen molar-refractivity contribution < 1.29 is 40.7 Å². The van der Waals surface area contributed by atoms with Gasteiger partial charge in [-0.25, -0.2) is 0 Å². The van der Waals surface area contributed by atoms with Gasteiger partial charge in [0.1, 0.15) is 6.04 Å². The molecule has 3 amide bonds. The van der Waals surface area contributed by atoms with Gasteiger partial charge >= 0.3 is 12.4 Å². The van der Waals surface area contributed by atoms with Crippen molar-refractivity contribution in [2.24, 2.45) is 0 Å². The van der Waals surface area contributed by atoms with Gasteiger partial charge in [0.2, 0.25) is 11.8 Å². The van der Waals surface area contributed by atoms with Crippen molar-refractivity contribution in [2.75, 3.05) is 13.6 Å². The van der Waals surface area contributed by atoms with Crippen LogP contribution in [0.25, 0.3) is 0 Å². The highest BCUT2D eigenvalue weighted by Crippen LogP contribution is 2.36. The fraction of sp³-hybridized carbons (Fsp3) is 0.476. The van der Waals surface area contributed by atoms with E-state index in [4.69, 9.17) is 0 Å². The van der Waals surface area contributed by atoms with Crippen LogP contribution in [0.3, 0.4) is 0 Å². The van der Waals surface area contributed by atoms with Gasteiger partial charge in [0.05, 0.1) is 11.1 Å². The Bertz CT molecular complexity index is 895. The molecule has 1 fully saturated rings. The van der Waals surface area contributed by atoms with Gasteiger partial charge in [-0.3, -0.25) is 14.4 Å². The van der Waals surface area contributed by atoms with Crippen molar-refractivity contribution in [3.8, 4) is 0 Å². The van der Waals surface area contributed by atoms with Crippen LogP contribution in [0.1, 0.15) is 47.7 Å². The van der Waals surface area contributed by atoms with Crippen molar-refractivity contribution in [2.45, 2.75) is 50.6 Å². The first-order valence-electron chi connectivity index (χ1n) is 10.0. The minimum absolute atomic E-state index is 0.0614. The Kier molecular flexibility index (Phi) is 8.15. The van der Waals surface area contributed by atoms with Crippen molar-refractivity contribution >= 4 is 17.7 Å². The largest absolute Gasteiger partial charge is 0.416 e. The highest BCUT2D eigenvalue weighted by atomic mass is 19.4. The van der Waals surface area contributed by atoms with Gasteiger partial charge in [0.15, 0.2) is 0 Å². The van der Waals surface area contributed by atoms with E-state index in [1.165, 1.54) is 20.0 Å². The zero-order chi connectivity index (χ0) is 25.0. The number of likely N-dealkylation sites (N-methyl/N-ethyl adjacent to an activating group) is 1. The molecule has 0 aliphatic carbocycles. The quantitative estimate of drug-likeness (QED) is 0.501. The van der Waals surface area contributed by atoms with E-state index in [1.54, 1.807) is 0 Å². The summed E-state index contributed by atoms with van der Waals surface area (Å²) < 4.78 is 78.2. The number of benzene rings is 1. The lowest BCUT2D eigenvalue weighted by molar-refractivity contribution is -0.143. The molecule has 12 heteroatoms. The first-order valence-corrected chi connectivity index (χ1v) is 10.0. The van der Waals surface area contributed by atoms with Crippen LogP contribution in [-0.4, -0.2) is 48.3 Å². The first-order chi connectivity index (χ1) is 15.2. The van der Waals surface area contributed by atoms with E-state index < -0.39 is 52.9 Å². The van der Waals surface area contributed by atoms with Crippen molar-refractivity contribution in [3.05, 3.63) is 47.0 Å². The molecule has 0 aromatic heterocycles. The molecule has 1 aromatic carbocycles. The van der Waals surface area contributed by atoms with Crippen LogP contribution in [0, 0.1) is 0 Å². The number of alkyl halides is 6. The molecular weight excluding hydrogens is 456 g/mol. The highest BCUT2D eigenvalue weighted by molar-refractivity contribution is 5.95. The Hall–Kier alpha value is -3.05. The molecule has 1 saturated heterocycles. The topological polar surface area (TPSA) is 78.5 Å². The van der Waals surface area contributed by atoms with Crippen LogP contribution in [0.15, 0.2) is 30.4 Å². The fourth-order valence-electron chi connectivity index (χ4n) is 3.12. The van der Waals surface area contributed by atoms with E-state index in [0.29, 0.717) is 25.1 Å². The zero-order valence-electron chi connectivity index (χ0n) is 17.8. The Morgan fingerprint density at radius 1 is 1.09 bits per heavy atom. The smallest absolute Gasteiger partial charge is 0.354 e. The lowest BCUT2D eigenvalue weighted by Crippen LogP contribution is -2.45. The summed E-state index contributed by atoms with van der Waals surface area (Å²) in [5.74, 6) is -2.03. The van der Waals surface area contributed by atoms with Crippen LogP contribution in [0.2, 0.25) is 0 Å². The SMILES string of the molecule is C[C@H](/C=C/C(=O)N[C@@H]1CCCCNC1=O)N(C)C(=O)c1cc(C(F)(F)F)cc(C(F)(F)F)c1. The summed E-state index contributed by atoms with van der Waals surface area (Å²) in [6.45, 7) is 1.94. The number of carbonyl (C=O) groups excluding carboxylic acids is 3. The molecule has 0 unspecified atom stereocenters. The molecule has 1 aliphatic rings. The Labute approximate surface area is 186 Å². The predicted molar refractivity (Wildman–Crippen MR) is 106 cm³/mol. The normalized spacial score (nSPS) is 18.4. The number of nitrogens with one attached hydrogen (secondary N) is 2. The van der Waals surface area contributed by atoms with Gasteiger partial charge in [0, 0.05) is 31.3 Å². The minimum Gasteiger partial charge on any atom is -0.354 e. The molecule has 182 valence electrons.